The van der Waals surface area contributed by atoms with Gasteiger partial charge in [0.15, 0.2) is 5.82 Å². The summed E-state index contributed by atoms with van der Waals surface area (Å²) in [6, 6.07) is 8.37. The van der Waals surface area contributed by atoms with Crippen LogP contribution < -0.4 is 5.32 Å². The summed E-state index contributed by atoms with van der Waals surface area (Å²) < 4.78 is 0. The minimum Gasteiger partial charge on any atom is -0.337 e. The summed E-state index contributed by atoms with van der Waals surface area (Å²) in [5.41, 5.74) is 9.11. The number of fused-ring (bicyclic) bond motifs is 2. The van der Waals surface area contributed by atoms with Crippen molar-refractivity contribution in [1.29, 1.82) is 0 Å². The van der Waals surface area contributed by atoms with E-state index in [9.17, 15) is 0 Å². The normalized spacial score (nSPS) is 16.7. The zero-order valence-corrected chi connectivity index (χ0v) is 21.9. The van der Waals surface area contributed by atoms with Crippen LogP contribution in [0, 0.1) is 5.92 Å². The maximum Gasteiger partial charge on any atom is 0.159 e. The fourth-order valence-electron chi connectivity index (χ4n) is 5.61. The van der Waals surface area contributed by atoms with E-state index in [0.717, 1.165) is 81.3 Å². The quantitative estimate of drug-likeness (QED) is 0.212. The second kappa shape index (κ2) is 10.8. The summed E-state index contributed by atoms with van der Waals surface area (Å²) in [6.07, 6.45) is 21.0. The van der Waals surface area contributed by atoms with Crippen molar-refractivity contribution in [3.8, 4) is 11.5 Å². The Balaban J connectivity index is 1.30. The molecule has 4 aromatic rings. The second-order valence-electron chi connectivity index (χ2n) is 10.2. The largest absolute Gasteiger partial charge is 0.337 e. The summed E-state index contributed by atoms with van der Waals surface area (Å²) >= 11 is 0. The molecule has 2 aliphatic carbocycles. The second-order valence-corrected chi connectivity index (χ2v) is 10.2. The summed E-state index contributed by atoms with van der Waals surface area (Å²) in [5.74, 6) is 1.56. The topological polar surface area (TPSA) is 82.3 Å². The van der Waals surface area contributed by atoms with Crippen LogP contribution in [-0.4, -0.2) is 38.2 Å². The number of aromatic amines is 2. The third kappa shape index (κ3) is 4.79. The predicted molar refractivity (Wildman–Crippen MR) is 157 cm³/mol. The highest BCUT2D eigenvalue weighted by Gasteiger charge is 2.17. The van der Waals surface area contributed by atoms with E-state index >= 15 is 0 Å². The van der Waals surface area contributed by atoms with Gasteiger partial charge in [-0.1, -0.05) is 61.9 Å². The molecule has 0 bridgehead atoms. The van der Waals surface area contributed by atoms with Crippen LogP contribution in [0.5, 0.6) is 0 Å². The van der Waals surface area contributed by atoms with Gasteiger partial charge in [-0.2, -0.15) is 5.10 Å². The molecule has 3 N–H and O–H groups in total. The van der Waals surface area contributed by atoms with Crippen LogP contribution in [0.1, 0.15) is 50.3 Å². The van der Waals surface area contributed by atoms with E-state index in [1.165, 1.54) is 31.3 Å². The molecule has 0 atom stereocenters. The van der Waals surface area contributed by atoms with Crippen LogP contribution in [0.2, 0.25) is 0 Å². The molecule has 0 aliphatic heterocycles. The zero-order chi connectivity index (χ0) is 25.9. The van der Waals surface area contributed by atoms with Gasteiger partial charge in [0.1, 0.15) is 5.69 Å². The average Bonchev–Trinajstić information content (AvgIpc) is 3.76. The number of hydrogen-bond acceptors (Lipinski definition) is 4. The molecule has 1 saturated carbocycles. The van der Waals surface area contributed by atoms with Crippen molar-refractivity contribution in [2.75, 3.05) is 13.1 Å². The first-order valence-corrected chi connectivity index (χ1v) is 13.6. The number of nitrogens with one attached hydrogen (secondary N) is 3. The van der Waals surface area contributed by atoms with Crippen molar-refractivity contribution in [1.82, 2.24) is 30.5 Å². The number of allylic oxidation sites excluding steroid dienone is 7. The zero-order valence-electron chi connectivity index (χ0n) is 21.9. The summed E-state index contributed by atoms with van der Waals surface area (Å²) in [6.45, 7) is 7.99. The van der Waals surface area contributed by atoms with Gasteiger partial charge < -0.3 is 10.3 Å². The van der Waals surface area contributed by atoms with Gasteiger partial charge in [-0.3, -0.25) is 10.1 Å². The Morgan fingerprint density at radius 3 is 2.89 bits per heavy atom. The molecule has 2 aliphatic rings. The fourth-order valence-corrected chi connectivity index (χ4v) is 5.61. The van der Waals surface area contributed by atoms with Crippen LogP contribution in [-0.2, 0) is 0 Å². The molecule has 1 aromatic carbocycles. The lowest BCUT2D eigenvalue weighted by molar-refractivity contribution is 0.503. The third-order valence-corrected chi connectivity index (χ3v) is 7.71. The Hall–Kier alpha value is -4.03. The first kappa shape index (κ1) is 24.3. The van der Waals surface area contributed by atoms with Crippen molar-refractivity contribution in [2.45, 2.75) is 39.0 Å². The van der Waals surface area contributed by atoms with Gasteiger partial charge >= 0.3 is 0 Å². The van der Waals surface area contributed by atoms with Crippen LogP contribution >= 0.6 is 0 Å². The molecular weight excluding hydrogens is 468 g/mol. The van der Waals surface area contributed by atoms with Crippen molar-refractivity contribution < 1.29 is 0 Å². The van der Waals surface area contributed by atoms with Crippen LogP contribution in [0.25, 0.3) is 44.6 Å². The first-order valence-electron chi connectivity index (χ1n) is 13.6. The molecule has 3 heterocycles. The number of pyridine rings is 1. The smallest absolute Gasteiger partial charge is 0.159 e. The van der Waals surface area contributed by atoms with Gasteiger partial charge in [0.2, 0.25) is 0 Å². The number of para-hydroxylation sites is 1. The standard InChI is InChI=1S/C32H34N6/c1-3-21(18-33-19-22-10-5-6-11-22)16-23(4-2)28-17-26-29(20-34-28)37-38-31(26)32-35-27-15-9-14-25(30(27)36-32)24-12-7-8-13-24/h3-4,7,9,12-17,20,22,33H,1,5-6,8,10-11,18-19H2,2H3,(H,35,36)(H,37,38)/b21-16+,23-4+. The van der Waals surface area contributed by atoms with E-state index in [1.54, 1.807) is 0 Å². The molecule has 0 saturated heterocycles. The Labute approximate surface area is 223 Å². The molecule has 6 nitrogen and oxygen atoms in total. The number of imidazole rings is 1. The molecule has 0 amide bonds. The Kier molecular flexibility index (Phi) is 6.88. The monoisotopic (exact) mass is 502 g/mol. The molecule has 3 aromatic heterocycles. The molecule has 38 heavy (non-hydrogen) atoms. The number of nitrogens with zero attached hydrogens (tertiary/aromatic N) is 3. The van der Waals surface area contributed by atoms with Crippen LogP contribution in [0.4, 0.5) is 0 Å². The van der Waals surface area contributed by atoms with Crippen molar-refractivity contribution in [2.24, 2.45) is 5.92 Å². The van der Waals surface area contributed by atoms with Crippen LogP contribution in [0.15, 0.2) is 79.1 Å². The van der Waals surface area contributed by atoms with E-state index in [2.05, 4.69) is 81.7 Å². The lowest BCUT2D eigenvalue weighted by Gasteiger charge is -2.11. The fraction of sp³-hybridized carbons (Fsp3) is 0.281. The van der Waals surface area contributed by atoms with Gasteiger partial charge in [-0.15, -0.1) is 0 Å². The number of rotatable bonds is 9. The molecular formula is C32H34N6. The minimum atomic E-state index is 0.749. The molecule has 0 spiro atoms. The van der Waals surface area contributed by atoms with E-state index in [1.807, 2.05) is 19.2 Å². The predicted octanol–water partition coefficient (Wildman–Crippen LogP) is 7.14. The van der Waals surface area contributed by atoms with Gasteiger partial charge in [-0.25, -0.2) is 4.98 Å². The number of hydrogen-bond donors (Lipinski definition) is 3. The number of aromatic nitrogens is 5. The summed E-state index contributed by atoms with van der Waals surface area (Å²) in [4.78, 5) is 13.2. The summed E-state index contributed by atoms with van der Waals surface area (Å²) in [5, 5.41) is 12.4. The average molecular weight is 503 g/mol. The summed E-state index contributed by atoms with van der Waals surface area (Å²) in [7, 11) is 0. The van der Waals surface area contributed by atoms with Gasteiger partial charge in [0.05, 0.1) is 28.4 Å². The lowest BCUT2D eigenvalue weighted by Crippen LogP contribution is -2.23. The van der Waals surface area contributed by atoms with Crippen molar-refractivity contribution in [3.05, 3.63) is 90.3 Å². The minimum absolute atomic E-state index is 0.749. The van der Waals surface area contributed by atoms with Crippen molar-refractivity contribution >= 4 is 33.1 Å². The maximum absolute atomic E-state index is 4.99. The van der Waals surface area contributed by atoms with Gasteiger partial charge in [0, 0.05) is 17.5 Å². The highest BCUT2D eigenvalue weighted by molar-refractivity contribution is 5.97. The SMILES string of the molecule is C=C/C(=C\C(=C/C)c1cc2c(-c3nc4c(C5=CCC=C5)cccc4[nH]3)n[nH]c2cn1)CNCC1CCCC1. The van der Waals surface area contributed by atoms with E-state index in [0.29, 0.717) is 0 Å². The van der Waals surface area contributed by atoms with E-state index in [4.69, 9.17) is 9.97 Å². The molecule has 6 rings (SSSR count). The van der Waals surface area contributed by atoms with E-state index in [-0.39, 0.29) is 0 Å². The van der Waals surface area contributed by atoms with E-state index < -0.39 is 0 Å². The maximum atomic E-state index is 4.99. The molecule has 1 fully saturated rings. The Morgan fingerprint density at radius 2 is 2.11 bits per heavy atom. The highest BCUT2D eigenvalue weighted by atomic mass is 15.1. The molecule has 0 unspecified atom stereocenters. The number of benzene rings is 1. The highest BCUT2D eigenvalue weighted by Crippen LogP contribution is 2.32. The lowest BCUT2D eigenvalue weighted by atomic mass is 10.0. The van der Waals surface area contributed by atoms with Crippen molar-refractivity contribution in [3.63, 3.8) is 0 Å². The molecule has 6 heteroatoms. The van der Waals surface area contributed by atoms with Crippen LogP contribution in [0.3, 0.4) is 0 Å². The third-order valence-electron chi connectivity index (χ3n) is 7.71. The number of H-pyrrole nitrogens is 2. The first-order chi connectivity index (χ1) is 18.7. The Morgan fingerprint density at radius 1 is 1.21 bits per heavy atom. The van der Waals surface area contributed by atoms with Gasteiger partial charge in [-0.05, 0) is 73.6 Å². The molecule has 0 radical (unpaired) electrons. The Bertz CT molecular complexity index is 1600. The van der Waals surface area contributed by atoms with Gasteiger partial charge in [0.25, 0.3) is 0 Å². The molecule has 192 valence electrons.